The molecule has 3 rings (SSSR count). The van der Waals surface area contributed by atoms with E-state index in [1.807, 2.05) is 30.3 Å². The van der Waals surface area contributed by atoms with Gasteiger partial charge < -0.3 is 19.9 Å². The SMILES string of the molecule is CC(Oc1ccc(Oc2ccccc2)cc1)C(=O)Nc1cccc(C(=O)O)c1. The summed E-state index contributed by atoms with van der Waals surface area (Å²) in [6.45, 7) is 1.62. The Morgan fingerprint density at radius 3 is 2.18 bits per heavy atom. The Labute approximate surface area is 162 Å². The fourth-order valence-corrected chi connectivity index (χ4v) is 2.44. The van der Waals surface area contributed by atoms with Crippen LogP contribution in [0.3, 0.4) is 0 Å². The number of ether oxygens (including phenoxy) is 2. The quantitative estimate of drug-likeness (QED) is 0.629. The number of carboxylic acid groups (broad SMARTS) is 1. The van der Waals surface area contributed by atoms with Crippen molar-refractivity contribution in [3.05, 3.63) is 84.4 Å². The van der Waals surface area contributed by atoms with Crippen molar-refractivity contribution in [1.82, 2.24) is 0 Å². The van der Waals surface area contributed by atoms with E-state index >= 15 is 0 Å². The number of rotatable bonds is 7. The summed E-state index contributed by atoms with van der Waals surface area (Å²) in [4.78, 5) is 23.3. The van der Waals surface area contributed by atoms with Crippen molar-refractivity contribution in [2.45, 2.75) is 13.0 Å². The minimum Gasteiger partial charge on any atom is -0.481 e. The number of carboxylic acids is 1. The summed E-state index contributed by atoms with van der Waals surface area (Å²) in [6, 6.07) is 22.4. The van der Waals surface area contributed by atoms with Gasteiger partial charge in [0.2, 0.25) is 0 Å². The van der Waals surface area contributed by atoms with Gasteiger partial charge in [-0.3, -0.25) is 4.79 Å². The van der Waals surface area contributed by atoms with Crippen LogP contribution in [0.25, 0.3) is 0 Å². The molecule has 1 unspecified atom stereocenters. The van der Waals surface area contributed by atoms with Gasteiger partial charge in [0.25, 0.3) is 5.91 Å². The zero-order valence-corrected chi connectivity index (χ0v) is 15.2. The molecule has 0 aliphatic rings. The maximum Gasteiger partial charge on any atom is 0.335 e. The molecule has 3 aromatic carbocycles. The van der Waals surface area contributed by atoms with Gasteiger partial charge in [0, 0.05) is 5.69 Å². The highest BCUT2D eigenvalue weighted by atomic mass is 16.5. The van der Waals surface area contributed by atoms with Gasteiger partial charge in [-0.25, -0.2) is 4.79 Å². The van der Waals surface area contributed by atoms with Crippen molar-refractivity contribution in [3.8, 4) is 17.2 Å². The Morgan fingerprint density at radius 2 is 1.50 bits per heavy atom. The first-order chi connectivity index (χ1) is 13.5. The molecule has 0 radical (unpaired) electrons. The number of hydrogen-bond donors (Lipinski definition) is 2. The number of nitrogens with one attached hydrogen (secondary N) is 1. The van der Waals surface area contributed by atoms with Gasteiger partial charge >= 0.3 is 5.97 Å². The molecule has 6 heteroatoms. The summed E-state index contributed by atoms with van der Waals surface area (Å²) in [5.74, 6) is 0.460. The largest absolute Gasteiger partial charge is 0.481 e. The Kier molecular flexibility index (Phi) is 5.91. The first kappa shape index (κ1) is 19.0. The van der Waals surface area contributed by atoms with E-state index in [0.29, 0.717) is 17.2 Å². The Bertz CT molecular complexity index is 954. The second kappa shape index (κ2) is 8.73. The predicted octanol–water partition coefficient (Wildman–Crippen LogP) is 4.58. The number of hydrogen-bond acceptors (Lipinski definition) is 4. The summed E-state index contributed by atoms with van der Waals surface area (Å²) >= 11 is 0. The van der Waals surface area contributed by atoms with Gasteiger partial charge in [-0.2, -0.15) is 0 Å². The van der Waals surface area contributed by atoms with E-state index < -0.39 is 12.1 Å². The highest BCUT2D eigenvalue weighted by molar-refractivity contribution is 5.96. The maximum absolute atomic E-state index is 12.3. The maximum atomic E-state index is 12.3. The Hall–Kier alpha value is -3.80. The summed E-state index contributed by atoms with van der Waals surface area (Å²) in [7, 11) is 0. The van der Waals surface area contributed by atoms with Crippen LogP contribution in [0.5, 0.6) is 17.2 Å². The average molecular weight is 377 g/mol. The number of para-hydroxylation sites is 1. The van der Waals surface area contributed by atoms with Crippen LogP contribution >= 0.6 is 0 Å². The minimum atomic E-state index is -1.06. The van der Waals surface area contributed by atoms with Crippen LogP contribution in [-0.4, -0.2) is 23.1 Å². The van der Waals surface area contributed by atoms with E-state index in [2.05, 4.69) is 5.32 Å². The van der Waals surface area contributed by atoms with E-state index in [1.54, 1.807) is 43.3 Å². The number of anilines is 1. The second-order valence-corrected chi connectivity index (χ2v) is 6.02. The van der Waals surface area contributed by atoms with Gasteiger partial charge in [-0.05, 0) is 61.5 Å². The minimum absolute atomic E-state index is 0.0976. The first-order valence-corrected chi connectivity index (χ1v) is 8.65. The normalized spacial score (nSPS) is 11.3. The third-order valence-corrected chi connectivity index (χ3v) is 3.86. The van der Waals surface area contributed by atoms with E-state index in [1.165, 1.54) is 12.1 Å². The molecule has 0 heterocycles. The zero-order chi connectivity index (χ0) is 19.9. The van der Waals surface area contributed by atoms with E-state index in [-0.39, 0.29) is 11.5 Å². The lowest BCUT2D eigenvalue weighted by Gasteiger charge is -2.15. The van der Waals surface area contributed by atoms with Crippen LogP contribution in [0.1, 0.15) is 17.3 Å². The topological polar surface area (TPSA) is 84.9 Å². The van der Waals surface area contributed by atoms with E-state index in [0.717, 1.165) is 5.75 Å². The van der Waals surface area contributed by atoms with Crippen LogP contribution in [0.2, 0.25) is 0 Å². The summed E-state index contributed by atoms with van der Waals surface area (Å²) in [6.07, 6.45) is -0.769. The lowest BCUT2D eigenvalue weighted by Crippen LogP contribution is -2.30. The third-order valence-electron chi connectivity index (χ3n) is 3.86. The smallest absolute Gasteiger partial charge is 0.335 e. The van der Waals surface area contributed by atoms with Crippen molar-refractivity contribution in [2.75, 3.05) is 5.32 Å². The van der Waals surface area contributed by atoms with E-state index in [9.17, 15) is 9.59 Å². The van der Waals surface area contributed by atoms with Gasteiger partial charge in [0.1, 0.15) is 17.2 Å². The highest BCUT2D eigenvalue weighted by Crippen LogP contribution is 2.24. The number of benzene rings is 3. The number of carbonyl (C=O) groups is 2. The second-order valence-electron chi connectivity index (χ2n) is 6.02. The van der Waals surface area contributed by atoms with Crippen molar-refractivity contribution in [3.63, 3.8) is 0 Å². The molecule has 142 valence electrons. The average Bonchev–Trinajstić information content (AvgIpc) is 2.70. The number of aromatic carboxylic acids is 1. The standard InChI is InChI=1S/C22H19NO5/c1-15(21(24)23-17-7-5-6-16(14-17)22(25)26)27-19-10-12-20(13-11-19)28-18-8-3-2-4-9-18/h2-15H,1H3,(H,23,24)(H,25,26). The first-order valence-electron chi connectivity index (χ1n) is 8.65. The Morgan fingerprint density at radius 1 is 0.857 bits per heavy atom. The molecule has 1 amide bonds. The van der Waals surface area contributed by atoms with Gasteiger partial charge in [-0.1, -0.05) is 24.3 Å². The molecule has 28 heavy (non-hydrogen) atoms. The zero-order valence-electron chi connectivity index (χ0n) is 15.2. The molecule has 0 spiro atoms. The lowest BCUT2D eigenvalue weighted by atomic mass is 10.2. The molecule has 3 aromatic rings. The molecule has 0 fully saturated rings. The molecule has 0 bridgehead atoms. The molecule has 0 aromatic heterocycles. The van der Waals surface area contributed by atoms with Crippen LogP contribution in [0.15, 0.2) is 78.9 Å². The molecule has 6 nitrogen and oxygen atoms in total. The van der Waals surface area contributed by atoms with Crippen molar-refractivity contribution >= 4 is 17.6 Å². The fraction of sp³-hybridized carbons (Fsp3) is 0.0909. The van der Waals surface area contributed by atoms with Crippen molar-refractivity contribution in [1.29, 1.82) is 0 Å². The number of amides is 1. The summed E-state index contributed by atoms with van der Waals surface area (Å²) in [5, 5.41) is 11.7. The molecule has 2 N–H and O–H groups in total. The van der Waals surface area contributed by atoms with E-state index in [4.69, 9.17) is 14.6 Å². The number of carbonyl (C=O) groups excluding carboxylic acids is 1. The molecular weight excluding hydrogens is 358 g/mol. The molecule has 0 saturated carbocycles. The summed E-state index contributed by atoms with van der Waals surface area (Å²) < 4.78 is 11.4. The van der Waals surface area contributed by atoms with Gasteiger partial charge in [-0.15, -0.1) is 0 Å². The van der Waals surface area contributed by atoms with Gasteiger partial charge in [0.05, 0.1) is 5.56 Å². The third kappa shape index (κ3) is 5.11. The monoisotopic (exact) mass is 377 g/mol. The van der Waals surface area contributed by atoms with Crippen LogP contribution in [0, 0.1) is 0 Å². The van der Waals surface area contributed by atoms with Crippen molar-refractivity contribution in [2.24, 2.45) is 0 Å². The fourth-order valence-electron chi connectivity index (χ4n) is 2.44. The van der Waals surface area contributed by atoms with Gasteiger partial charge in [0.15, 0.2) is 6.10 Å². The summed E-state index contributed by atoms with van der Waals surface area (Å²) in [5.41, 5.74) is 0.493. The lowest BCUT2D eigenvalue weighted by molar-refractivity contribution is -0.122. The molecule has 0 aliphatic carbocycles. The molecule has 0 aliphatic heterocycles. The predicted molar refractivity (Wildman–Crippen MR) is 105 cm³/mol. The Balaban J connectivity index is 1.58. The van der Waals surface area contributed by atoms with Crippen LogP contribution in [0.4, 0.5) is 5.69 Å². The highest BCUT2D eigenvalue weighted by Gasteiger charge is 2.15. The molecule has 0 saturated heterocycles. The molecular formula is C22H19NO5. The molecule has 1 atom stereocenters. The van der Waals surface area contributed by atoms with Crippen LogP contribution in [-0.2, 0) is 4.79 Å². The van der Waals surface area contributed by atoms with Crippen LogP contribution < -0.4 is 14.8 Å². The van der Waals surface area contributed by atoms with Crippen molar-refractivity contribution < 1.29 is 24.2 Å².